The summed E-state index contributed by atoms with van der Waals surface area (Å²) in [5.74, 6) is -4.17. The first kappa shape index (κ1) is 48.8. The van der Waals surface area contributed by atoms with Crippen LogP contribution in [0.5, 0.6) is 23.0 Å². The second-order valence-corrected chi connectivity index (χ2v) is 23.6. The number of carbonyl (C=O) groups excluding carboxylic acids is 8. The highest BCUT2D eigenvalue weighted by atomic mass is 32.2. The molecule has 0 bridgehead atoms. The molecule has 8 rings (SSSR count). The first-order chi connectivity index (χ1) is 31.9. The molecule has 10 atom stereocenters. The number of piperazine rings is 1. The van der Waals surface area contributed by atoms with Crippen LogP contribution in [0.2, 0.25) is 0 Å². The zero-order valence-corrected chi connectivity index (χ0v) is 41.5. The molecule has 2 aromatic rings. The van der Waals surface area contributed by atoms with Crippen LogP contribution in [0, 0.1) is 39.4 Å². The highest BCUT2D eigenvalue weighted by Crippen LogP contribution is 2.67. The number of carbonyl (C=O) groups is 8. The molecule has 5 aliphatic heterocycles. The lowest BCUT2D eigenvalue weighted by Crippen LogP contribution is -2.73. The fraction of sp³-hybridized carbons (Fsp3) is 0.511. The van der Waals surface area contributed by atoms with Crippen LogP contribution >= 0.6 is 47.0 Å². The van der Waals surface area contributed by atoms with E-state index in [0.717, 1.165) is 24.0 Å². The van der Waals surface area contributed by atoms with E-state index in [4.69, 9.17) is 28.4 Å². The lowest BCUT2D eigenvalue weighted by molar-refractivity contribution is -0.168. The first-order valence-electron chi connectivity index (χ1n) is 21.0. The van der Waals surface area contributed by atoms with Crippen LogP contribution in [0.15, 0.2) is 36.4 Å². The number of hydrogen-bond donors (Lipinski definition) is 0. The zero-order valence-electron chi connectivity index (χ0n) is 38.2. The molecule has 5 heterocycles. The Morgan fingerprint density at radius 3 is 1.93 bits per heavy atom. The Morgan fingerprint density at radius 2 is 1.29 bits per heavy atom. The van der Waals surface area contributed by atoms with Gasteiger partial charge in [0, 0.05) is 33.2 Å². The molecule has 0 spiro atoms. The highest BCUT2D eigenvalue weighted by molar-refractivity contribution is 8.16. The van der Waals surface area contributed by atoms with E-state index in [1.165, 1.54) is 51.8 Å². The van der Waals surface area contributed by atoms with E-state index in [9.17, 15) is 39.3 Å². The predicted molar refractivity (Wildman–Crippen MR) is 245 cm³/mol. The minimum absolute atomic E-state index is 0.0457. The van der Waals surface area contributed by atoms with Gasteiger partial charge in [-0.25, -0.2) is 9.59 Å². The third-order valence-electron chi connectivity index (χ3n) is 13.7. The number of likely N-dealkylation sites (tertiary alicyclic amines) is 1. The number of likely N-dealkylation sites (N-methyl/N-ethyl adjacent to an activating group) is 1. The van der Waals surface area contributed by atoms with Crippen molar-refractivity contribution in [1.82, 2.24) is 14.7 Å². The number of fused-ring (bicyclic) bond motifs is 4. The summed E-state index contributed by atoms with van der Waals surface area (Å²) in [6, 6.07) is 13.1. The molecule has 4 fully saturated rings. The average Bonchev–Trinajstić information content (AvgIpc) is 4.05. The molecular formula is C45H45N5O14S4. The maximum Gasteiger partial charge on any atom is 0.369 e. The summed E-state index contributed by atoms with van der Waals surface area (Å²) < 4.78 is 31.7. The van der Waals surface area contributed by atoms with Crippen LogP contribution in [-0.2, 0) is 38.2 Å². The van der Waals surface area contributed by atoms with Gasteiger partial charge in [-0.1, -0.05) is 23.9 Å². The van der Waals surface area contributed by atoms with Crippen LogP contribution in [0.3, 0.4) is 0 Å². The van der Waals surface area contributed by atoms with Gasteiger partial charge in [-0.3, -0.25) is 28.8 Å². The summed E-state index contributed by atoms with van der Waals surface area (Å²) in [6.45, 7) is 7.97. The number of hydrogen-bond acceptors (Lipinski definition) is 20. The fourth-order valence-corrected chi connectivity index (χ4v) is 15.3. The SMILES string of the molecule is COC(=O)SC12C[C@](C)(C#N)C(c3ccc4c(c3)OC(CN3C(=O)C5(SC(C)=O)C[C@](C)(C#N)C(c6ccc7c(c6)OCO7)N5C(=O)[C@]3(C)SC(C)=O)O4)C1C(=O)[C@](C)(SC(=O)OC)N(C)C2=O. The van der Waals surface area contributed by atoms with Crippen molar-refractivity contribution in [1.29, 1.82) is 10.5 Å². The number of amides is 3. The largest absolute Gasteiger partial charge is 0.461 e. The molecule has 3 amide bonds. The maximum atomic E-state index is 15.5. The van der Waals surface area contributed by atoms with Crippen molar-refractivity contribution in [3.63, 3.8) is 0 Å². The van der Waals surface area contributed by atoms with E-state index < -0.39 is 105 Å². The Labute approximate surface area is 407 Å². The molecular weight excluding hydrogens is 963 g/mol. The Bertz CT molecular complexity index is 2710. The number of nitriles is 2. The molecule has 0 aromatic heterocycles. The van der Waals surface area contributed by atoms with Crippen molar-refractivity contribution in [3.8, 4) is 35.1 Å². The quantitative estimate of drug-likeness (QED) is 0.277. The van der Waals surface area contributed by atoms with Gasteiger partial charge < -0.3 is 43.1 Å². The monoisotopic (exact) mass is 1010 g/mol. The summed E-state index contributed by atoms with van der Waals surface area (Å²) in [5.41, 5.74) is -2.15. The van der Waals surface area contributed by atoms with Gasteiger partial charge >= 0.3 is 10.6 Å². The summed E-state index contributed by atoms with van der Waals surface area (Å²) in [6.07, 6.45) is -1.87. The van der Waals surface area contributed by atoms with Gasteiger partial charge in [0.2, 0.25) is 12.7 Å². The maximum absolute atomic E-state index is 15.5. The zero-order chi connectivity index (χ0) is 49.7. The van der Waals surface area contributed by atoms with Crippen LogP contribution in [0.25, 0.3) is 0 Å². The Hall–Kier alpha value is -5.62. The second-order valence-electron chi connectivity index (χ2n) is 18.0. The Kier molecular flexibility index (Phi) is 12.1. The molecule has 1 saturated carbocycles. The smallest absolute Gasteiger partial charge is 0.369 e. The van der Waals surface area contributed by atoms with Gasteiger partial charge in [-0.05, 0) is 105 Å². The van der Waals surface area contributed by atoms with E-state index >= 15 is 9.59 Å². The van der Waals surface area contributed by atoms with Crippen molar-refractivity contribution in [2.24, 2.45) is 16.7 Å². The number of ether oxygens (including phenoxy) is 6. The number of rotatable bonds is 8. The van der Waals surface area contributed by atoms with Crippen molar-refractivity contribution in [3.05, 3.63) is 47.5 Å². The number of piperidine rings is 1. The average molecular weight is 1010 g/mol. The fourth-order valence-electron chi connectivity index (χ4n) is 10.7. The Morgan fingerprint density at radius 1 is 0.706 bits per heavy atom. The van der Waals surface area contributed by atoms with Gasteiger partial charge in [0.15, 0.2) is 53.6 Å². The van der Waals surface area contributed by atoms with Crippen molar-refractivity contribution in [2.45, 2.75) is 92.0 Å². The lowest BCUT2D eigenvalue weighted by Gasteiger charge is -2.53. The first-order valence-corrected chi connectivity index (χ1v) is 24.3. The minimum atomic E-state index is -1.97. The lowest BCUT2D eigenvalue weighted by atomic mass is 9.70. The Balaban J connectivity index is 1.17. The molecule has 0 N–H and O–H groups in total. The predicted octanol–water partition coefficient (Wildman–Crippen LogP) is 5.96. The summed E-state index contributed by atoms with van der Waals surface area (Å²) >= 11 is 2.18. The van der Waals surface area contributed by atoms with E-state index in [1.54, 1.807) is 38.1 Å². The standard InChI is InChI=1S/C45H45N5O14S4/c1-22(51)65-43(6)35(54)50-33(25-11-12-26-28(15-25)62-21-61-26)41(4,20-47)18-45(50,66-23(2)52)37(56)49(43)16-30-63-27-13-10-24(14-29(27)64-30)31-32-34(53)42(5,67-38(57)59-8)48(7)36(55)44(32,68-39(58)60-9)17-40(31,3)19-46/h10-15,30-33H,16-18,21H2,1-9H3/t30?,31?,32?,33?,40-,41-,42+,43+,44?,45?/m1/s1. The number of ketones is 1. The normalized spacial score (nSPS) is 34.2. The number of Topliss-reactive ketones (excluding diaryl/α,β-unsaturated/α-hetero) is 1. The summed E-state index contributed by atoms with van der Waals surface area (Å²) in [5, 5.41) is 18.9. The van der Waals surface area contributed by atoms with E-state index in [0.29, 0.717) is 69.7 Å². The second kappa shape index (κ2) is 16.8. The molecule has 0 radical (unpaired) electrons. The summed E-state index contributed by atoms with van der Waals surface area (Å²) in [4.78, 5) is 110. The van der Waals surface area contributed by atoms with Crippen LogP contribution in [0.1, 0.15) is 77.5 Å². The third kappa shape index (κ3) is 7.16. The van der Waals surface area contributed by atoms with Crippen molar-refractivity contribution >= 4 is 91.4 Å². The van der Waals surface area contributed by atoms with Gasteiger partial charge in [-0.15, -0.1) is 0 Å². The summed E-state index contributed by atoms with van der Waals surface area (Å²) in [7, 11) is 3.60. The van der Waals surface area contributed by atoms with E-state index in [1.807, 2.05) is 0 Å². The minimum Gasteiger partial charge on any atom is -0.461 e. The molecule has 68 heavy (non-hydrogen) atoms. The number of methoxy groups -OCH3 is 2. The number of thioether (sulfide) groups is 4. The van der Waals surface area contributed by atoms with Gasteiger partial charge in [0.05, 0.1) is 55.7 Å². The topological polar surface area (TPSA) is 249 Å². The molecule has 6 unspecified atom stereocenters. The van der Waals surface area contributed by atoms with Gasteiger partial charge in [0.1, 0.15) is 4.75 Å². The van der Waals surface area contributed by atoms with Crippen LogP contribution in [0.4, 0.5) is 9.59 Å². The van der Waals surface area contributed by atoms with Crippen LogP contribution < -0.4 is 18.9 Å². The van der Waals surface area contributed by atoms with Gasteiger partial charge in [0.25, 0.3) is 18.1 Å². The molecule has 2 aromatic carbocycles. The van der Waals surface area contributed by atoms with Crippen LogP contribution in [-0.4, -0.2) is 119 Å². The van der Waals surface area contributed by atoms with Crippen molar-refractivity contribution in [2.75, 3.05) is 34.6 Å². The molecule has 1 aliphatic carbocycles. The highest BCUT2D eigenvalue weighted by Gasteiger charge is 2.75. The molecule has 19 nitrogen and oxygen atoms in total. The van der Waals surface area contributed by atoms with E-state index in [-0.39, 0.29) is 31.1 Å². The number of nitrogens with zero attached hydrogens (tertiary/aromatic N) is 5. The molecule has 3 saturated heterocycles. The van der Waals surface area contributed by atoms with Gasteiger partial charge in [-0.2, -0.15) is 10.5 Å². The molecule has 358 valence electrons. The van der Waals surface area contributed by atoms with Crippen molar-refractivity contribution < 1.29 is 66.8 Å². The molecule has 23 heteroatoms. The molecule has 6 aliphatic rings. The van der Waals surface area contributed by atoms with E-state index in [2.05, 4.69) is 12.1 Å². The third-order valence-corrected chi connectivity index (χ3v) is 18.4. The number of benzene rings is 2.